The molecule has 1 saturated carbocycles. The molecule has 4 heteroatoms. The molecular formula is C16H19NOS2. The molecule has 1 N–H and O–H groups in total. The minimum atomic E-state index is -0.223. The Kier molecular flexibility index (Phi) is 5.52. The lowest BCUT2D eigenvalue weighted by atomic mass is 9.60. The van der Waals surface area contributed by atoms with Gasteiger partial charge in [-0.3, -0.25) is 4.98 Å². The highest BCUT2D eigenvalue weighted by Gasteiger charge is 2.42. The molecule has 1 unspecified atom stereocenters. The van der Waals surface area contributed by atoms with Crippen LogP contribution in [0.5, 0.6) is 0 Å². The quantitative estimate of drug-likeness (QED) is 0.667. The molecule has 1 fully saturated rings. The maximum absolute atomic E-state index is 9.36. The second kappa shape index (κ2) is 7.16. The molecule has 2 nitrogen and oxygen atoms in total. The lowest BCUT2D eigenvalue weighted by Gasteiger charge is -2.43. The lowest BCUT2D eigenvalue weighted by Crippen LogP contribution is -2.41. The van der Waals surface area contributed by atoms with E-state index in [-0.39, 0.29) is 17.9 Å². The Bertz CT molecular complexity index is 492. The first-order chi connectivity index (χ1) is 9.79. The SMILES string of the molecule is OCC=C1CCCCC1(c1cccnc1)C(C=S)C=S. The van der Waals surface area contributed by atoms with E-state index < -0.39 is 0 Å². The van der Waals surface area contributed by atoms with Crippen LogP contribution in [0.15, 0.2) is 36.2 Å². The van der Waals surface area contributed by atoms with Crippen molar-refractivity contribution in [2.24, 2.45) is 5.92 Å². The maximum Gasteiger partial charge on any atom is 0.0615 e. The molecule has 2 rings (SSSR count). The molecule has 0 aliphatic heterocycles. The monoisotopic (exact) mass is 305 g/mol. The molecule has 1 aromatic heterocycles. The van der Waals surface area contributed by atoms with Gasteiger partial charge in [-0.2, -0.15) is 0 Å². The molecular weight excluding hydrogens is 286 g/mol. The first-order valence-electron chi connectivity index (χ1n) is 6.91. The highest BCUT2D eigenvalue weighted by molar-refractivity contribution is 7.80. The molecule has 0 aromatic carbocycles. The molecule has 1 aliphatic rings. The number of hydrogen-bond acceptors (Lipinski definition) is 4. The van der Waals surface area contributed by atoms with E-state index in [1.165, 1.54) is 5.57 Å². The van der Waals surface area contributed by atoms with Crippen molar-refractivity contribution in [2.45, 2.75) is 31.1 Å². The van der Waals surface area contributed by atoms with E-state index in [0.717, 1.165) is 31.2 Å². The molecule has 0 bridgehead atoms. The Morgan fingerprint density at radius 1 is 1.35 bits per heavy atom. The molecule has 0 spiro atoms. The summed E-state index contributed by atoms with van der Waals surface area (Å²) in [6, 6.07) is 4.04. The van der Waals surface area contributed by atoms with Gasteiger partial charge in [-0.05, 0) is 41.6 Å². The predicted octanol–water partition coefficient (Wildman–Crippen LogP) is 3.43. The molecule has 0 radical (unpaired) electrons. The Morgan fingerprint density at radius 2 is 2.15 bits per heavy atom. The average Bonchev–Trinajstić information content (AvgIpc) is 2.51. The van der Waals surface area contributed by atoms with Crippen molar-refractivity contribution in [1.82, 2.24) is 4.98 Å². The van der Waals surface area contributed by atoms with Gasteiger partial charge in [0, 0.05) is 23.7 Å². The van der Waals surface area contributed by atoms with Gasteiger partial charge in [0.25, 0.3) is 0 Å². The van der Waals surface area contributed by atoms with Crippen molar-refractivity contribution < 1.29 is 5.11 Å². The van der Waals surface area contributed by atoms with E-state index >= 15 is 0 Å². The Hall–Kier alpha value is -0.970. The van der Waals surface area contributed by atoms with Crippen LogP contribution in [-0.4, -0.2) is 27.4 Å². The number of aromatic nitrogens is 1. The zero-order chi connectivity index (χ0) is 14.4. The number of rotatable bonds is 5. The Labute approximate surface area is 130 Å². The number of allylic oxidation sites excluding steroid dienone is 1. The van der Waals surface area contributed by atoms with Crippen molar-refractivity contribution in [2.75, 3.05) is 6.61 Å². The van der Waals surface area contributed by atoms with Crippen LogP contribution in [0.1, 0.15) is 31.2 Å². The third-order valence-electron chi connectivity index (χ3n) is 4.22. The number of aliphatic hydroxyl groups excluding tert-OH is 1. The first kappa shape index (κ1) is 15.4. The fraction of sp³-hybridized carbons (Fsp3) is 0.438. The molecule has 1 heterocycles. The summed E-state index contributed by atoms with van der Waals surface area (Å²) in [5.41, 5.74) is 2.16. The standard InChI is InChI=1S/C16H19NOS2/c18-9-6-13-4-1-2-7-16(13,15(11-19)12-20)14-5-3-8-17-10-14/h3,5-6,8,10-12,15,18H,1-2,4,7,9H2. The van der Waals surface area contributed by atoms with Crippen LogP contribution < -0.4 is 0 Å². The molecule has 1 atom stereocenters. The van der Waals surface area contributed by atoms with Gasteiger partial charge in [-0.1, -0.05) is 48.6 Å². The third kappa shape index (κ3) is 2.73. The van der Waals surface area contributed by atoms with E-state index in [0.29, 0.717) is 0 Å². The molecule has 0 saturated heterocycles. The summed E-state index contributed by atoms with van der Waals surface area (Å²) in [5, 5.41) is 12.9. The number of nitrogens with zero attached hydrogens (tertiary/aromatic N) is 1. The Morgan fingerprint density at radius 3 is 2.75 bits per heavy atom. The zero-order valence-electron chi connectivity index (χ0n) is 11.4. The number of aliphatic hydroxyl groups is 1. The second-order valence-electron chi connectivity index (χ2n) is 5.13. The van der Waals surface area contributed by atoms with Crippen LogP contribution in [0, 0.1) is 5.92 Å². The van der Waals surface area contributed by atoms with Crippen LogP contribution in [-0.2, 0) is 5.41 Å². The largest absolute Gasteiger partial charge is 0.392 e. The van der Waals surface area contributed by atoms with Crippen molar-refractivity contribution in [3.63, 3.8) is 0 Å². The van der Waals surface area contributed by atoms with Crippen LogP contribution >= 0.6 is 24.4 Å². The van der Waals surface area contributed by atoms with Gasteiger partial charge < -0.3 is 5.11 Å². The smallest absolute Gasteiger partial charge is 0.0615 e. The van der Waals surface area contributed by atoms with Crippen molar-refractivity contribution in [1.29, 1.82) is 0 Å². The zero-order valence-corrected chi connectivity index (χ0v) is 13.0. The molecule has 1 aliphatic carbocycles. The second-order valence-corrected chi connectivity index (χ2v) is 5.67. The number of thiocarbonyl (C=S) groups is 2. The Balaban J connectivity index is 2.61. The summed E-state index contributed by atoms with van der Waals surface area (Å²) < 4.78 is 0. The van der Waals surface area contributed by atoms with E-state index in [9.17, 15) is 5.11 Å². The van der Waals surface area contributed by atoms with E-state index in [1.807, 2.05) is 18.3 Å². The third-order valence-corrected chi connectivity index (χ3v) is 4.80. The highest BCUT2D eigenvalue weighted by atomic mass is 32.1. The fourth-order valence-corrected chi connectivity index (χ4v) is 4.01. The van der Waals surface area contributed by atoms with Gasteiger partial charge in [0.1, 0.15) is 0 Å². The van der Waals surface area contributed by atoms with E-state index in [2.05, 4.69) is 11.1 Å². The lowest BCUT2D eigenvalue weighted by molar-refractivity contribution is 0.326. The summed E-state index contributed by atoms with van der Waals surface area (Å²) in [6.45, 7) is 0.0545. The van der Waals surface area contributed by atoms with Gasteiger partial charge in [-0.25, -0.2) is 0 Å². The first-order valence-corrected chi connectivity index (χ1v) is 7.85. The summed E-state index contributed by atoms with van der Waals surface area (Å²) in [4.78, 5) is 4.26. The highest BCUT2D eigenvalue weighted by Crippen LogP contribution is 2.47. The molecule has 20 heavy (non-hydrogen) atoms. The van der Waals surface area contributed by atoms with Gasteiger partial charge in [0.2, 0.25) is 0 Å². The maximum atomic E-state index is 9.36. The summed E-state index contributed by atoms with van der Waals surface area (Å²) >= 11 is 10.5. The number of hydrogen-bond donors (Lipinski definition) is 1. The van der Waals surface area contributed by atoms with Crippen molar-refractivity contribution >= 4 is 35.2 Å². The molecule has 106 valence electrons. The predicted molar refractivity (Wildman–Crippen MR) is 90.4 cm³/mol. The van der Waals surface area contributed by atoms with Gasteiger partial charge in [-0.15, -0.1) is 0 Å². The van der Waals surface area contributed by atoms with E-state index in [4.69, 9.17) is 24.4 Å². The van der Waals surface area contributed by atoms with Crippen molar-refractivity contribution in [3.8, 4) is 0 Å². The van der Waals surface area contributed by atoms with Gasteiger partial charge >= 0.3 is 0 Å². The summed E-state index contributed by atoms with van der Waals surface area (Å²) in [6.07, 6.45) is 9.88. The van der Waals surface area contributed by atoms with Crippen LogP contribution in [0.3, 0.4) is 0 Å². The summed E-state index contributed by atoms with van der Waals surface area (Å²) in [5.74, 6) is 0.00907. The topological polar surface area (TPSA) is 33.1 Å². The number of pyridine rings is 1. The van der Waals surface area contributed by atoms with Crippen LogP contribution in [0.4, 0.5) is 0 Å². The summed E-state index contributed by atoms with van der Waals surface area (Å²) in [7, 11) is 0. The van der Waals surface area contributed by atoms with Gasteiger partial charge in [0.05, 0.1) is 6.61 Å². The normalized spacial score (nSPS) is 24.8. The van der Waals surface area contributed by atoms with Crippen molar-refractivity contribution in [3.05, 3.63) is 41.7 Å². The minimum Gasteiger partial charge on any atom is -0.392 e. The van der Waals surface area contributed by atoms with E-state index in [1.54, 1.807) is 16.9 Å². The fourth-order valence-electron chi connectivity index (χ4n) is 3.29. The molecule has 1 aromatic rings. The van der Waals surface area contributed by atoms with Crippen LogP contribution in [0.2, 0.25) is 0 Å². The minimum absolute atomic E-state index is 0.00907. The molecule has 0 amide bonds. The van der Waals surface area contributed by atoms with Crippen LogP contribution in [0.25, 0.3) is 0 Å². The average molecular weight is 305 g/mol. The van der Waals surface area contributed by atoms with Gasteiger partial charge in [0.15, 0.2) is 0 Å².